The average molecular weight is 416 g/mol. The predicted octanol–water partition coefficient (Wildman–Crippen LogP) is 2.83. The van der Waals surface area contributed by atoms with Gasteiger partial charge in [0.05, 0.1) is 18.0 Å². The fraction of sp³-hybridized carbons (Fsp3) is 0.333. The number of hydrogen-bond acceptors (Lipinski definition) is 4. The van der Waals surface area contributed by atoms with Gasteiger partial charge in [-0.2, -0.15) is 0 Å². The molecule has 2 amide bonds. The summed E-state index contributed by atoms with van der Waals surface area (Å²) in [4.78, 5) is 24.7. The molecule has 1 heterocycles. The van der Waals surface area contributed by atoms with Crippen molar-refractivity contribution in [2.75, 3.05) is 16.3 Å². The molecule has 0 fully saturated rings. The maximum absolute atomic E-state index is 12.4. The van der Waals surface area contributed by atoms with E-state index in [0.29, 0.717) is 24.1 Å². The van der Waals surface area contributed by atoms with Crippen LogP contribution in [-0.4, -0.2) is 26.5 Å². The average Bonchev–Trinajstić information content (AvgIpc) is 2.65. The Labute approximate surface area is 171 Å². The number of rotatable bonds is 7. The SMILES string of the molecule is CC(NC(=O)CCC1Cc2ccccc2NC1=O)c1ccccc1NS(C)(=O)=O. The van der Waals surface area contributed by atoms with E-state index in [1.807, 2.05) is 24.3 Å². The highest BCUT2D eigenvalue weighted by atomic mass is 32.2. The van der Waals surface area contributed by atoms with E-state index < -0.39 is 10.0 Å². The summed E-state index contributed by atoms with van der Waals surface area (Å²) in [5, 5.41) is 5.78. The Morgan fingerprint density at radius 1 is 1.17 bits per heavy atom. The third kappa shape index (κ3) is 5.57. The summed E-state index contributed by atoms with van der Waals surface area (Å²) in [6.07, 6.45) is 2.36. The minimum Gasteiger partial charge on any atom is -0.350 e. The Morgan fingerprint density at radius 2 is 1.86 bits per heavy atom. The second-order valence-electron chi connectivity index (χ2n) is 7.34. The molecule has 154 valence electrons. The van der Waals surface area contributed by atoms with Gasteiger partial charge in [-0.15, -0.1) is 0 Å². The van der Waals surface area contributed by atoms with Crippen molar-refractivity contribution in [3.8, 4) is 0 Å². The van der Waals surface area contributed by atoms with Gasteiger partial charge in [0.25, 0.3) is 0 Å². The van der Waals surface area contributed by atoms with E-state index in [0.717, 1.165) is 17.5 Å². The zero-order valence-electron chi connectivity index (χ0n) is 16.4. The van der Waals surface area contributed by atoms with Gasteiger partial charge in [0, 0.05) is 18.0 Å². The van der Waals surface area contributed by atoms with Crippen LogP contribution in [0.15, 0.2) is 48.5 Å². The number of sulfonamides is 1. The third-order valence-corrected chi connectivity index (χ3v) is 5.52. The summed E-state index contributed by atoms with van der Waals surface area (Å²) in [7, 11) is -3.42. The van der Waals surface area contributed by atoms with Gasteiger partial charge in [0.15, 0.2) is 0 Å². The van der Waals surface area contributed by atoms with E-state index in [1.165, 1.54) is 0 Å². The number of benzene rings is 2. The molecule has 0 radical (unpaired) electrons. The smallest absolute Gasteiger partial charge is 0.229 e. The lowest BCUT2D eigenvalue weighted by atomic mass is 9.89. The van der Waals surface area contributed by atoms with E-state index in [-0.39, 0.29) is 30.2 Å². The number of hydrogen-bond donors (Lipinski definition) is 3. The highest BCUT2D eigenvalue weighted by Crippen LogP contribution is 2.28. The lowest BCUT2D eigenvalue weighted by Gasteiger charge is -2.24. The van der Waals surface area contributed by atoms with Crippen LogP contribution in [0.3, 0.4) is 0 Å². The molecule has 3 rings (SSSR count). The van der Waals surface area contributed by atoms with Crippen molar-refractivity contribution < 1.29 is 18.0 Å². The molecule has 1 aliphatic rings. The number of para-hydroxylation sites is 2. The quantitative estimate of drug-likeness (QED) is 0.647. The van der Waals surface area contributed by atoms with Crippen molar-refractivity contribution in [2.24, 2.45) is 5.92 Å². The zero-order valence-corrected chi connectivity index (χ0v) is 17.3. The first-order valence-electron chi connectivity index (χ1n) is 9.48. The number of amides is 2. The van der Waals surface area contributed by atoms with Crippen molar-refractivity contribution in [3.05, 3.63) is 59.7 Å². The van der Waals surface area contributed by atoms with Gasteiger partial charge in [0.2, 0.25) is 21.8 Å². The molecule has 7 nitrogen and oxygen atoms in total. The Hall–Kier alpha value is -2.87. The number of carbonyl (C=O) groups is 2. The van der Waals surface area contributed by atoms with Gasteiger partial charge >= 0.3 is 0 Å². The monoisotopic (exact) mass is 415 g/mol. The minimum atomic E-state index is -3.42. The van der Waals surface area contributed by atoms with E-state index in [9.17, 15) is 18.0 Å². The van der Waals surface area contributed by atoms with E-state index in [4.69, 9.17) is 0 Å². The number of nitrogens with one attached hydrogen (secondary N) is 3. The Kier molecular flexibility index (Phi) is 6.22. The molecule has 0 aromatic heterocycles. The second-order valence-corrected chi connectivity index (χ2v) is 9.09. The maximum Gasteiger partial charge on any atom is 0.229 e. The molecule has 2 aromatic carbocycles. The highest BCUT2D eigenvalue weighted by Gasteiger charge is 2.26. The normalized spacial score (nSPS) is 17.0. The van der Waals surface area contributed by atoms with E-state index in [2.05, 4.69) is 15.4 Å². The van der Waals surface area contributed by atoms with Crippen molar-refractivity contribution >= 4 is 33.2 Å². The van der Waals surface area contributed by atoms with E-state index in [1.54, 1.807) is 31.2 Å². The summed E-state index contributed by atoms with van der Waals surface area (Å²) in [6, 6.07) is 14.2. The fourth-order valence-electron chi connectivity index (χ4n) is 3.51. The van der Waals surface area contributed by atoms with Crippen LogP contribution in [0.5, 0.6) is 0 Å². The van der Waals surface area contributed by atoms with Crippen LogP contribution in [0.25, 0.3) is 0 Å². The van der Waals surface area contributed by atoms with Gasteiger partial charge in [-0.3, -0.25) is 14.3 Å². The van der Waals surface area contributed by atoms with Crippen molar-refractivity contribution in [3.63, 3.8) is 0 Å². The van der Waals surface area contributed by atoms with Gasteiger partial charge in [-0.05, 0) is 43.0 Å². The molecule has 1 aliphatic heterocycles. The topological polar surface area (TPSA) is 104 Å². The van der Waals surface area contributed by atoms with Gasteiger partial charge < -0.3 is 10.6 Å². The molecule has 0 bridgehead atoms. The molecule has 0 saturated heterocycles. The Morgan fingerprint density at radius 3 is 2.62 bits per heavy atom. The van der Waals surface area contributed by atoms with Gasteiger partial charge in [-0.25, -0.2) is 8.42 Å². The predicted molar refractivity (Wildman–Crippen MR) is 113 cm³/mol. The molecule has 2 atom stereocenters. The van der Waals surface area contributed by atoms with Crippen LogP contribution in [0, 0.1) is 5.92 Å². The first-order chi connectivity index (χ1) is 13.7. The third-order valence-electron chi connectivity index (χ3n) is 4.93. The molecule has 3 N–H and O–H groups in total. The largest absolute Gasteiger partial charge is 0.350 e. The first-order valence-corrected chi connectivity index (χ1v) is 11.4. The molecule has 2 unspecified atom stereocenters. The standard InChI is InChI=1S/C21H25N3O4S/c1-14(17-8-4-6-10-19(17)24-29(2,27)28)22-20(25)12-11-16-13-15-7-3-5-9-18(15)23-21(16)26/h3-10,14,16,24H,11-13H2,1-2H3,(H,22,25)(H,23,26). The van der Waals surface area contributed by atoms with Crippen molar-refractivity contribution in [1.82, 2.24) is 5.32 Å². The van der Waals surface area contributed by atoms with Crippen LogP contribution in [0.1, 0.15) is 36.9 Å². The van der Waals surface area contributed by atoms with Gasteiger partial charge in [0.1, 0.15) is 0 Å². The summed E-state index contributed by atoms with van der Waals surface area (Å²) >= 11 is 0. The van der Waals surface area contributed by atoms with E-state index >= 15 is 0 Å². The Bertz CT molecular complexity index is 1020. The van der Waals surface area contributed by atoms with Crippen molar-refractivity contribution in [2.45, 2.75) is 32.2 Å². The number of anilines is 2. The van der Waals surface area contributed by atoms with Gasteiger partial charge in [-0.1, -0.05) is 36.4 Å². The zero-order chi connectivity index (χ0) is 21.0. The molecule has 0 saturated carbocycles. The minimum absolute atomic E-state index is 0.0627. The van der Waals surface area contributed by atoms with Crippen molar-refractivity contribution in [1.29, 1.82) is 0 Å². The summed E-state index contributed by atoms with van der Waals surface area (Å²) in [6.45, 7) is 1.80. The van der Waals surface area contributed by atoms with Crippen LogP contribution >= 0.6 is 0 Å². The number of fused-ring (bicyclic) bond motifs is 1. The second kappa shape index (κ2) is 8.65. The molecule has 8 heteroatoms. The summed E-state index contributed by atoms with van der Waals surface area (Å²) < 4.78 is 25.6. The molecular weight excluding hydrogens is 390 g/mol. The number of carbonyl (C=O) groups excluding carboxylic acids is 2. The molecule has 29 heavy (non-hydrogen) atoms. The molecule has 0 spiro atoms. The summed E-state index contributed by atoms with van der Waals surface area (Å²) in [5.41, 5.74) is 3.02. The van der Waals surface area contributed by atoms with Crippen LogP contribution in [0.4, 0.5) is 11.4 Å². The molecular formula is C21H25N3O4S. The maximum atomic E-state index is 12.4. The van der Waals surface area contributed by atoms with Crippen LogP contribution < -0.4 is 15.4 Å². The summed E-state index contributed by atoms with van der Waals surface area (Å²) in [5.74, 6) is -0.490. The fourth-order valence-corrected chi connectivity index (χ4v) is 4.10. The molecule has 0 aliphatic carbocycles. The Balaban J connectivity index is 1.58. The lowest BCUT2D eigenvalue weighted by Crippen LogP contribution is -2.32. The first kappa shape index (κ1) is 20.9. The van der Waals surface area contributed by atoms with Crippen LogP contribution in [-0.2, 0) is 26.0 Å². The molecule has 2 aromatic rings. The lowest BCUT2D eigenvalue weighted by molar-refractivity contribution is -0.123. The highest BCUT2D eigenvalue weighted by molar-refractivity contribution is 7.92. The van der Waals surface area contributed by atoms with Crippen LogP contribution in [0.2, 0.25) is 0 Å².